The molecule has 0 aromatic rings. The molecule has 100 valence electrons. The van der Waals surface area contributed by atoms with E-state index in [1.165, 1.54) is 32.8 Å². The lowest BCUT2D eigenvalue weighted by Gasteiger charge is -2.21. The number of aliphatic hydroxyl groups is 1. The Morgan fingerprint density at radius 2 is 2.06 bits per heavy atom. The lowest BCUT2D eigenvalue weighted by Crippen LogP contribution is -2.37. The van der Waals surface area contributed by atoms with Crippen LogP contribution in [0.15, 0.2) is 0 Å². The zero-order valence-corrected chi connectivity index (χ0v) is 11.0. The van der Waals surface area contributed by atoms with Crippen molar-refractivity contribution in [2.24, 2.45) is 0 Å². The van der Waals surface area contributed by atoms with Crippen molar-refractivity contribution < 1.29 is 14.6 Å². The molecule has 1 saturated heterocycles. The number of hydrogen-bond acceptors (Lipinski definition) is 4. The van der Waals surface area contributed by atoms with E-state index in [0.717, 1.165) is 13.0 Å². The van der Waals surface area contributed by atoms with Crippen LogP contribution in [0.2, 0.25) is 0 Å². The molecule has 1 heterocycles. The fourth-order valence-electron chi connectivity index (χ4n) is 2.43. The molecule has 1 rings (SSSR count). The number of rotatable bonds is 7. The number of hydrogen-bond donors (Lipinski definition) is 1. The van der Waals surface area contributed by atoms with Crippen molar-refractivity contribution in [2.75, 3.05) is 20.2 Å². The molecule has 4 nitrogen and oxygen atoms in total. The van der Waals surface area contributed by atoms with Crippen molar-refractivity contribution in [3.05, 3.63) is 0 Å². The third-order valence-electron chi connectivity index (χ3n) is 3.40. The lowest BCUT2D eigenvalue weighted by atomic mass is 10.1. The molecule has 0 aromatic heterocycles. The second-order valence-electron chi connectivity index (χ2n) is 4.84. The molecule has 0 aromatic carbocycles. The van der Waals surface area contributed by atoms with Gasteiger partial charge in [0.2, 0.25) is 0 Å². The van der Waals surface area contributed by atoms with Gasteiger partial charge in [0.1, 0.15) is 6.04 Å². The number of esters is 1. The van der Waals surface area contributed by atoms with Crippen molar-refractivity contribution in [3.63, 3.8) is 0 Å². The smallest absolute Gasteiger partial charge is 0.323 e. The highest BCUT2D eigenvalue weighted by Gasteiger charge is 2.36. The van der Waals surface area contributed by atoms with Gasteiger partial charge in [-0.15, -0.1) is 0 Å². The molecule has 1 aliphatic heterocycles. The van der Waals surface area contributed by atoms with Crippen molar-refractivity contribution in [1.29, 1.82) is 0 Å². The lowest BCUT2D eigenvalue weighted by molar-refractivity contribution is -0.145. The van der Waals surface area contributed by atoms with E-state index >= 15 is 0 Å². The van der Waals surface area contributed by atoms with Gasteiger partial charge in [0, 0.05) is 13.0 Å². The number of unbranched alkanes of at least 4 members (excludes halogenated alkanes) is 4. The number of β-amino-alcohol motifs (C(OH)–C–C–N with tert-alkyl or cyclic N) is 1. The van der Waals surface area contributed by atoms with Crippen LogP contribution in [-0.4, -0.2) is 48.3 Å². The predicted molar refractivity (Wildman–Crippen MR) is 66.8 cm³/mol. The third kappa shape index (κ3) is 4.64. The molecule has 0 bridgehead atoms. The SMILES string of the molecule is CCCCCCCN1CC(O)CC1C(=O)OC. The highest BCUT2D eigenvalue weighted by molar-refractivity contribution is 5.76. The normalized spacial score (nSPS) is 25.1. The van der Waals surface area contributed by atoms with Crippen LogP contribution >= 0.6 is 0 Å². The van der Waals surface area contributed by atoms with Gasteiger partial charge >= 0.3 is 5.97 Å². The summed E-state index contributed by atoms with van der Waals surface area (Å²) in [5.74, 6) is -0.213. The second kappa shape index (κ2) is 7.67. The summed E-state index contributed by atoms with van der Waals surface area (Å²) < 4.78 is 4.77. The molecule has 0 radical (unpaired) electrons. The van der Waals surface area contributed by atoms with E-state index in [0.29, 0.717) is 13.0 Å². The van der Waals surface area contributed by atoms with Crippen molar-refractivity contribution >= 4 is 5.97 Å². The molecule has 2 unspecified atom stereocenters. The Hall–Kier alpha value is -0.610. The van der Waals surface area contributed by atoms with Crippen LogP contribution in [0, 0.1) is 0 Å². The number of likely N-dealkylation sites (tertiary alicyclic amines) is 1. The first-order valence-electron chi connectivity index (χ1n) is 6.69. The fraction of sp³-hybridized carbons (Fsp3) is 0.923. The fourth-order valence-corrected chi connectivity index (χ4v) is 2.43. The van der Waals surface area contributed by atoms with E-state index < -0.39 is 0 Å². The molecule has 1 N–H and O–H groups in total. The van der Waals surface area contributed by atoms with Gasteiger partial charge in [-0.25, -0.2) is 0 Å². The van der Waals surface area contributed by atoms with E-state index in [1.54, 1.807) is 0 Å². The van der Waals surface area contributed by atoms with Crippen LogP contribution < -0.4 is 0 Å². The average molecular weight is 243 g/mol. The monoisotopic (exact) mass is 243 g/mol. The van der Waals surface area contributed by atoms with Gasteiger partial charge in [-0.1, -0.05) is 32.6 Å². The van der Waals surface area contributed by atoms with Gasteiger partial charge in [0.25, 0.3) is 0 Å². The Morgan fingerprint density at radius 3 is 2.71 bits per heavy atom. The number of methoxy groups -OCH3 is 1. The molecule has 4 heteroatoms. The maximum Gasteiger partial charge on any atom is 0.323 e. The largest absolute Gasteiger partial charge is 0.468 e. The summed E-state index contributed by atoms with van der Waals surface area (Å²) in [7, 11) is 1.41. The Labute approximate surface area is 104 Å². The van der Waals surface area contributed by atoms with Crippen molar-refractivity contribution in [2.45, 2.75) is 57.6 Å². The maximum absolute atomic E-state index is 11.5. The Morgan fingerprint density at radius 1 is 1.35 bits per heavy atom. The minimum atomic E-state index is -0.380. The minimum absolute atomic E-state index is 0.213. The van der Waals surface area contributed by atoms with E-state index in [9.17, 15) is 9.90 Å². The van der Waals surface area contributed by atoms with Crippen LogP contribution in [0.3, 0.4) is 0 Å². The first-order valence-corrected chi connectivity index (χ1v) is 6.69. The second-order valence-corrected chi connectivity index (χ2v) is 4.84. The third-order valence-corrected chi connectivity index (χ3v) is 3.40. The minimum Gasteiger partial charge on any atom is -0.468 e. The van der Waals surface area contributed by atoms with Gasteiger partial charge in [0.05, 0.1) is 13.2 Å². The maximum atomic E-state index is 11.5. The molecule has 0 aliphatic carbocycles. The summed E-state index contributed by atoms with van der Waals surface area (Å²) in [6.07, 6.45) is 6.22. The van der Waals surface area contributed by atoms with Gasteiger partial charge < -0.3 is 9.84 Å². The quantitative estimate of drug-likeness (QED) is 0.544. The number of carbonyl (C=O) groups excluding carboxylic acids is 1. The van der Waals surface area contributed by atoms with E-state index in [2.05, 4.69) is 11.8 Å². The van der Waals surface area contributed by atoms with Crippen LogP contribution in [-0.2, 0) is 9.53 Å². The van der Waals surface area contributed by atoms with Crippen molar-refractivity contribution in [3.8, 4) is 0 Å². The first-order chi connectivity index (χ1) is 8.19. The summed E-state index contributed by atoms with van der Waals surface area (Å²) in [4.78, 5) is 13.6. The highest BCUT2D eigenvalue weighted by Crippen LogP contribution is 2.19. The average Bonchev–Trinajstić information content (AvgIpc) is 2.69. The van der Waals surface area contributed by atoms with E-state index in [-0.39, 0.29) is 18.1 Å². The van der Waals surface area contributed by atoms with E-state index in [1.807, 2.05) is 0 Å². The van der Waals surface area contributed by atoms with E-state index in [4.69, 9.17) is 4.74 Å². The van der Waals surface area contributed by atoms with Crippen LogP contribution in [0.1, 0.15) is 45.4 Å². The number of ether oxygens (including phenoxy) is 1. The zero-order chi connectivity index (χ0) is 12.7. The molecular formula is C13H25NO3. The summed E-state index contributed by atoms with van der Waals surface area (Å²) in [6.45, 7) is 3.69. The summed E-state index contributed by atoms with van der Waals surface area (Å²) in [5.41, 5.74) is 0. The summed E-state index contributed by atoms with van der Waals surface area (Å²) in [6, 6.07) is -0.235. The van der Waals surface area contributed by atoms with Crippen LogP contribution in [0.25, 0.3) is 0 Å². The molecule has 17 heavy (non-hydrogen) atoms. The number of aliphatic hydroxyl groups excluding tert-OH is 1. The summed E-state index contributed by atoms with van der Waals surface area (Å²) >= 11 is 0. The molecular weight excluding hydrogens is 218 g/mol. The Balaban J connectivity index is 2.27. The topological polar surface area (TPSA) is 49.8 Å². The van der Waals surface area contributed by atoms with Crippen molar-refractivity contribution in [1.82, 2.24) is 4.90 Å². The molecule has 1 fully saturated rings. The Kier molecular flexibility index (Phi) is 6.52. The Bertz CT molecular complexity index is 233. The molecule has 0 amide bonds. The number of nitrogens with zero attached hydrogens (tertiary/aromatic N) is 1. The van der Waals surface area contributed by atoms with Gasteiger partial charge in [0.15, 0.2) is 0 Å². The van der Waals surface area contributed by atoms with Crippen LogP contribution in [0.4, 0.5) is 0 Å². The van der Waals surface area contributed by atoms with Gasteiger partial charge in [-0.05, 0) is 13.0 Å². The molecule has 1 aliphatic rings. The highest BCUT2D eigenvalue weighted by atomic mass is 16.5. The standard InChI is InChI=1S/C13H25NO3/c1-3-4-5-6-7-8-14-10-11(15)9-12(14)13(16)17-2/h11-12,15H,3-10H2,1-2H3. The molecule has 0 spiro atoms. The van der Waals surface area contributed by atoms with Crippen LogP contribution in [0.5, 0.6) is 0 Å². The molecule has 0 saturated carbocycles. The van der Waals surface area contributed by atoms with Gasteiger partial charge in [-0.3, -0.25) is 9.69 Å². The zero-order valence-electron chi connectivity index (χ0n) is 11.0. The predicted octanol–water partition coefficient (Wildman–Crippen LogP) is 1.56. The molecule has 2 atom stereocenters. The number of carbonyl (C=O) groups is 1. The first kappa shape index (κ1) is 14.5. The van der Waals surface area contributed by atoms with Gasteiger partial charge in [-0.2, -0.15) is 0 Å². The summed E-state index contributed by atoms with van der Waals surface area (Å²) in [5, 5.41) is 9.61.